The zero-order valence-corrected chi connectivity index (χ0v) is 12.9. The van der Waals surface area contributed by atoms with Gasteiger partial charge in [-0.25, -0.2) is 4.98 Å². The molecule has 1 atom stereocenters. The summed E-state index contributed by atoms with van der Waals surface area (Å²) in [6, 6.07) is 4.43. The standard InChI is InChI=1S/C17H18N4O2/c1-10(22)17-20-14-9-19-13-6-7-23-16(13)15(14)21(17)12-4-2-11(8-18)3-5-12/h6-7,9-12,22H,2-5H2,1H3/t10?,11-,12-. The van der Waals surface area contributed by atoms with Crippen LogP contribution in [0.3, 0.4) is 0 Å². The molecule has 0 bridgehead atoms. The summed E-state index contributed by atoms with van der Waals surface area (Å²) < 4.78 is 7.75. The Morgan fingerprint density at radius 3 is 2.83 bits per heavy atom. The van der Waals surface area contributed by atoms with Gasteiger partial charge in [-0.05, 0) is 32.6 Å². The molecule has 0 radical (unpaired) electrons. The van der Waals surface area contributed by atoms with Crippen molar-refractivity contribution in [2.24, 2.45) is 5.92 Å². The number of hydrogen-bond donors (Lipinski definition) is 1. The molecule has 23 heavy (non-hydrogen) atoms. The van der Waals surface area contributed by atoms with E-state index in [1.54, 1.807) is 19.4 Å². The van der Waals surface area contributed by atoms with E-state index in [1.165, 1.54) is 0 Å². The van der Waals surface area contributed by atoms with Crippen molar-refractivity contribution in [2.45, 2.75) is 44.8 Å². The van der Waals surface area contributed by atoms with Crippen LogP contribution >= 0.6 is 0 Å². The van der Waals surface area contributed by atoms with Crippen LogP contribution in [0.25, 0.3) is 22.1 Å². The van der Waals surface area contributed by atoms with Gasteiger partial charge >= 0.3 is 0 Å². The van der Waals surface area contributed by atoms with Gasteiger partial charge in [0.25, 0.3) is 0 Å². The Bertz CT molecular complexity index is 894. The van der Waals surface area contributed by atoms with Crippen LogP contribution in [0.4, 0.5) is 0 Å². The molecule has 1 aliphatic carbocycles. The van der Waals surface area contributed by atoms with Crippen LogP contribution in [0.1, 0.15) is 50.6 Å². The molecule has 0 saturated heterocycles. The minimum absolute atomic E-state index is 0.140. The minimum Gasteiger partial charge on any atom is -0.460 e. The molecule has 1 N–H and O–H groups in total. The van der Waals surface area contributed by atoms with E-state index < -0.39 is 6.10 Å². The summed E-state index contributed by atoms with van der Waals surface area (Å²) in [4.78, 5) is 8.94. The highest BCUT2D eigenvalue weighted by atomic mass is 16.3. The second kappa shape index (κ2) is 5.36. The van der Waals surface area contributed by atoms with Crippen molar-refractivity contribution in [3.8, 4) is 6.07 Å². The van der Waals surface area contributed by atoms with Gasteiger partial charge in [-0.1, -0.05) is 0 Å². The lowest BCUT2D eigenvalue weighted by molar-refractivity contribution is 0.176. The fourth-order valence-electron chi connectivity index (χ4n) is 3.62. The number of rotatable bonds is 2. The molecule has 4 rings (SSSR count). The average Bonchev–Trinajstić information content (AvgIpc) is 3.18. The molecule has 1 saturated carbocycles. The summed E-state index contributed by atoms with van der Waals surface area (Å²) in [5.74, 6) is 0.785. The molecule has 6 heteroatoms. The Morgan fingerprint density at radius 2 is 2.13 bits per heavy atom. The third-order valence-corrected chi connectivity index (χ3v) is 4.77. The normalized spacial score (nSPS) is 23.2. The Kier molecular flexibility index (Phi) is 3.31. The molecule has 3 aromatic heterocycles. The van der Waals surface area contributed by atoms with Gasteiger partial charge in [0.1, 0.15) is 28.5 Å². The molecule has 118 valence electrons. The predicted octanol–water partition coefficient (Wildman–Crippen LogP) is 3.49. The monoisotopic (exact) mass is 310 g/mol. The molecule has 1 unspecified atom stereocenters. The zero-order valence-electron chi connectivity index (χ0n) is 12.9. The van der Waals surface area contributed by atoms with E-state index in [9.17, 15) is 5.11 Å². The summed E-state index contributed by atoms with van der Waals surface area (Å²) in [6.45, 7) is 1.73. The summed E-state index contributed by atoms with van der Waals surface area (Å²) in [5.41, 5.74) is 3.15. The number of aliphatic hydroxyl groups excluding tert-OH is 1. The van der Waals surface area contributed by atoms with Crippen LogP contribution in [-0.2, 0) is 0 Å². The number of furan rings is 1. The quantitative estimate of drug-likeness (QED) is 0.782. The molecule has 3 aromatic rings. The lowest BCUT2D eigenvalue weighted by Gasteiger charge is -2.28. The van der Waals surface area contributed by atoms with Crippen LogP contribution in [0.5, 0.6) is 0 Å². The van der Waals surface area contributed by atoms with Gasteiger partial charge < -0.3 is 14.1 Å². The van der Waals surface area contributed by atoms with Crippen molar-refractivity contribution >= 4 is 22.1 Å². The largest absolute Gasteiger partial charge is 0.460 e. The van der Waals surface area contributed by atoms with E-state index >= 15 is 0 Å². The third kappa shape index (κ3) is 2.20. The molecule has 6 nitrogen and oxygen atoms in total. The Balaban J connectivity index is 1.90. The predicted molar refractivity (Wildman–Crippen MR) is 84.5 cm³/mol. The fraction of sp³-hybridized carbons (Fsp3) is 0.471. The summed E-state index contributed by atoms with van der Waals surface area (Å²) in [6.07, 6.45) is 6.28. The van der Waals surface area contributed by atoms with Gasteiger partial charge in [0.05, 0.1) is 18.5 Å². The number of fused-ring (bicyclic) bond motifs is 3. The highest BCUT2D eigenvalue weighted by molar-refractivity contribution is 5.98. The maximum atomic E-state index is 10.2. The minimum atomic E-state index is -0.666. The van der Waals surface area contributed by atoms with Crippen molar-refractivity contribution < 1.29 is 9.52 Å². The van der Waals surface area contributed by atoms with E-state index in [-0.39, 0.29) is 12.0 Å². The second-order valence-electron chi connectivity index (χ2n) is 6.28. The Labute approximate surface area is 133 Å². The van der Waals surface area contributed by atoms with Gasteiger partial charge in [0, 0.05) is 18.0 Å². The number of nitrogens with zero attached hydrogens (tertiary/aromatic N) is 4. The fourth-order valence-corrected chi connectivity index (χ4v) is 3.62. The SMILES string of the molecule is CC(O)c1nc2cnc3ccoc3c2n1[C@H]1CC[C@H](C#N)CC1. The first-order valence-electron chi connectivity index (χ1n) is 8.00. The Morgan fingerprint density at radius 1 is 1.35 bits per heavy atom. The van der Waals surface area contributed by atoms with Crippen LogP contribution in [-0.4, -0.2) is 19.6 Å². The van der Waals surface area contributed by atoms with Gasteiger partial charge in [0.2, 0.25) is 0 Å². The van der Waals surface area contributed by atoms with Gasteiger partial charge in [-0.2, -0.15) is 5.26 Å². The molecule has 1 aliphatic rings. The smallest absolute Gasteiger partial charge is 0.178 e. The molecule has 0 aliphatic heterocycles. The lowest BCUT2D eigenvalue weighted by atomic mass is 9.86. The van der Waals surface area contributed by atoms with Gasteiger partial charge in [-0.15, -0.1) is 0 Å². The van der Waals surface area contributed by atoms with Crippen molar-refractivity contribution in [3.63, 3.8) is 0 Å². The van der Waals surface area contributed by atoms with Crippen LogP contribution in [0.2, 0.25) is 0 Å². The molecule has 0 amide bonds. The van der Waals surface area contributed by atoms with Crippen molar-refractivity contribution in [1.29, 1.82) is 5.26 Å². The molecule has 0 spiro atoms. The van der Waals surface area contributed by atoms with Crippen molar-refractivity contribution in [1.82, 2.24) is 14.5 Å². The number of aromatic nitrogens is 3. The van der Waals surface area contributed by atoms with Crippen molar-refractivity contribution in [3.05, 3.63) is 24.4 Å². The lowest BCUT2D eigenvalue weighted by Crippen LogP contribution is -2.20. The average molecular weight is 310 g/mol. The zero-order chi connectivity index (χ0) is 16.0. The number of aliphatic hydroxyl groups is 1. The Hall–Kier alpha value is -2.39. The van der Waals surface area contributed by atoms with E-state index in [0.717, 1.165) is 42.2 Å². The van der Waals surface area contributed by atoms with E-state index in [1.807, 2.05) is 6.07 Å². The summed E-state index contributed by atoms with van der Waals surface area (Å²) in [7, 11) is 0. The van der Waals surface area contributed by atoms with E-state index in [4.69, 9.17) is 9.68 Å². The highest BCUT2D eigenvalue weighted by Crippen LogP contribution is 2.38. The maximum absolute atomic E-state index is 10.2. The molecular weight excluding hydrogens is 292 g/mol. The second-order valence-corrected chi connectivity index (χ2v) is 6.28. The van der Waals surface area contributed by atoms with Gasteiger partial charge in [0.15, 0.2) is 5.58 Å². The first kappa shape index (κ1) is 14.2. The number of pyridine rings is 1. The first-order valence-corrected chi connectivity index (χ1v) is 8.00. The molecular formula is C17H18N4O2. The third-order valence-electron chi connectivity index (χ3n) is 4.77. The summed E-state index contributed by atoms with van der Waals surface area (Å²) >= 11 is 0. The highest BCUT2D eigenvalue weighted by Gasteiger charge is 2.28. The number of hydrogen-bond acceptors (Lipinski definition) is 5. The maximum Gasteiger partial charge on any atom is 0.178 e. The number of nitriles is 1. The first-order chi connectivity index (χ1) is 11.2. The van der Waals surface area contributed by atoms with Crippen LogP contribution in [0.15, 0.2) is 22.9 Å². The van der Waals surface area contributed by atoms with Crippen LogP contribution in [0, 0.1) is 17.2 Å². The topological polar surface area (TPSA) is 87.9 Å². The van der Waals surface area contributed by atoms with Gasteiger partial charge in [-0.3, -0.25) is 4.98 Å². The van der Waals surface area contributed by atoms with Crippen molar-refractivity contribution in [2.75, 3.05) is 0 Å². The molecule has 0 aromatic carbocycles. The molecule has 1 fully saturated rings. The van der Waals surface area contributed by atoms with Crippen LogP contribution < -0.4 is 0 Å². The van der Waals surface area contributed by atoms with E-state index in [2.05, 4.69) is 20.6 Å². The van der Waals surface area contributed by atoms with E-state index in [0.29, 0.717) is 11.4 Å². The number of imidazole rings is 1. The molecule has 3 heterocycles. The summed E-state index contributed by atoms with van der Waals surface area (Å²) in [5, 5.41) is 19.3.